The van der Waals surface area contributed by atoms with E-state index >= 15 is 0 Å². The second kappa shape index (κ2) is 6.06. The van der Waals surface area contributed by atoms with Crippen molar-refractivity contribution in [2.75, 3.05) is 0 Å². The van der Waals surface area contributed by atoms with Crippen LogP contribution in [0.2, 0.25) is 5.02 Å². The van der Waals surface area contributed by atoms with Crippen LogP contribution >= 0.6 is 11.6 Å². The molecule has 0 saturated heterocycles. The first kappa shape index (κ1) is 15.0. The van der Waals surface area contributed by atoms with Gasteiger partial charge in [0.15, 0.2) is 5.43 Å². The Labute approximate surface area is 135 Å². The highest BCUT2D eigenvalue weighted by Gasteiger charge is 2.17. The number of hydrogen-bond acceptors (Lipinski definition) is 4. The molecule has 23 heavy (non-hydrogen) atoms. The van der Waals surface area contributed by atoms with Crippen LogP contribution < -0.4 is 5.43 Å². The summed E-state index contributed by atoms with van der Waals surface area (Å²) in [4.78, 5) is 22.6. The van der Waals surface area contributed by atoms with Gasteiger partial charge in [-0.15, -0.1) is 0 Å². The molecule has 0 N–H and O–H groups in total. The number of nitrogens with zero attached hydrogens (tertiary/aromatic N) is 1. The number of hydrogen-bond donors (Lipinski definition) is 0. The Hall–Kier alpha value is -2.92. The number of rotatable bonds is 3. The molecule has 0 saturated carbocycles. The summed E-state index contributed by atoms with van der Waals surface area (Å²) < 4.78 is 5.71. The monoisotopic (exact) mass is 327 g/mol. The molecule has 5 nitrogen and oxygen atoms in total. The van der Waals surface area contributed by atoms with Crippen molar-refractivity contribution in [3.05, 3.63) is 86.0 Å². The Morgan fingerprint density at radius 1 is 0.957 bits per heavy atom. The molecule has 0 atom stereocenters. The molecule has 0 aliphatic heterocycles. The molecule has 0 unspecified atom stereocenters. The van der Waals surface area contributed by atoms with Gasteiger partial charge in [-0.1, -0.05) is 23.7 Å². The summed E-state index contributed by atoms with van der Waals surface area (Å²) >= 11 is 5.85. The van der Waals surface area contributed by atoms with Crippen molar-refractivity contribution in [2.45, 2.75) is 0 Å². The van der Waals surface area contributed by atoms with Crippen molar-refractivity contribution in [1.29, 1.82) is 0 Å². The van der Waals surface area contributed by atoms with Gasteiger partial charge in [-0.3, -0.25) is 14.9 Å². The normalized spacial score (nSPS) is 10.5. The molecule has 0 bridgehead atoms. The standard InChI is InChI=1S/C17H10ClNO4/c18-12-7-5-11(6-8-12)16-9-13(20)10-17(23-16)14-3-1-2-4-15(14)19(21)22/h1-10H. The molecule has 0 aliphatic carbocycles. The molecule has 0 aliphatic rings. The lowest BCUT2D eigenvalue weighted by Gasteiger charge is -2.06. The van der Waals surface area contributed by atoms with Crippen LogP contribution in [0, 0.1) is 10.1 Å². The van der Waals surface area contributed by atoms with Gasteiger partial charge in [0.1, 0.15) is 11.5 Å². The lowest BCUT2D eigenvalue weighted by molar-refractivity contribution is -0.384. The zero-order chi connectivity index (χ0) is 16.4. The Morgan fingerprint density at radius 2 is 1.61 bits per heavy atom. The molecule has 0 amide bonds. The zero-order valence-electron chi connectivity index (χ0n) is 11.7. The van der Waals surface area contributed by atoms with Crippen molar-refractivity contribution >= 4 is 17.3 Å². The molecule has 1 aromatic heterocycles. The first-order chi connectivity index (χ1) is 11.0. The van der Waals surface area contributed by atoms with Gasteiger partial charge in [-0.25, -0.2) is 0 Å². The highest BCUT2D eigenvalue weighted by molar-refractivity contribution is 6.30. The summed E-state index contributed by atoms with van der Waals surface area (Å²) in [6, 6.07) is 15.5. The molecular formula is C17H10ClNO4. The van der Waals surface area contributed by atoms with Gasteiger partial charge >= 0.3 is 0 Å². The summed E-state index contributed by atoms with van der Waals surface area (Å²) in [6.07, 6.45) is 0. The third-order valence-electron chi connectivity index (χ3n) is 3.26. The largest absolute Gasteiger partial charge is 0.456 e. The van der Waals surface area contributed by atoms with E-state index in [2.05, 4.69) is 0 Å². The van der Waals surface area contributed by atoms with E-state index in [1.807, 2.05) is 0 Å². The minimum absolute atomic E-state index is 0.121. The molecule has 0 fully saturated rings. The van der Waals surface area contributed by atoms with Crippen LogP contribution in [0.3, 0.4) is 0 Å². The van der Waals surface area contributed by atoms with Crippen LogP contribution in [0.25, 0.3) is 22.6 Å². The van der Waals surface area contributed by atoms with Gasteiger partial charge in [-0.05, 0) is 30.3 Å². The Bertz CT molecular complexity index is 932. The number of para-hydroxylation sites is 1. The van der Waals surface area contributed by atoms with Gasteiger partial charge in [0, 0.05) is 28.8 Å². The van der Waals surface area contributed by atoms with Gasteiger partial charge in [0.25, 0.3) is 5.69 Å². The number of nitro benzene ring substituents is 1. The van der Waals surface area contributed by atoms with Crippen molar-refractivity contribution in [2.24, 2.45) is 0 Å². The van der Waals surface area contributed by atoms with Crippen LogP contribution in [-0.4, -0.2) is 4.92 Å². The molecule has 2 aromatic carbocycles. The molecule has 1 heterocycles. The van der Waals surface area contributed by atoms with Crippen molar-refractivity contribution in [3.8, 4) is 22.6 Å². The van der Waals surface area contributed by atoms with Gasteiger partial charge in [-0.2, -0.15) is 0 Å². The lowest BCUT2D eigenvalue weighted by Crippen LogP contribution is -2.00. The fourth-order valence-corrected chi connectivity index (χ4v) is 2.33. The van der Waals surface area contributed by atoms with Gasteiger partial charge in [0.05, 0.1) is 10.5 Å². The smallest absolute Gasteiger partial charge is 0.280 e. The average molecular weight is 328 g/mol. The van der Waals surface area contributed by atoms with Crippen LogP contribution in [0.5, 0.6) is 0 Å². The van der Waals surface area contributed by atoms with E-state index in [1.54, 1.807) is 42.5 Å². The summed E-state index contributed by atoms with van der Waals surface area (Å²) in [7, 11) is 0. The second-order valence-electron chi connectivity index (χ2n) is 4.80. The third-order valence-corrected chi connectivity index (χ3v) is 3.51. The quantitative estimate of drug-likeness (QED) is 0.523. The van der Waals surface area contributed by atoms with E-state index in [-0.39, 0.29) is 22.4 Å². The van der Waals surface area contributed by atoms with Crippen molar-refractivity contribution in [3.63, 3.8) is 0 Å². The fraction of sp³-hybridized carbons (Fsp3) is 0. The molecular weight excluding hydrogens is 318 g/mol. The van der Waals surface area contributed by atoms with Crippen molar-refractivity contribution in [1.82, 2.24) is 0 Å². The maximum Gasteiger partial charge on any atom is 0.280 e. The van der Waals surface area contributed by atoms with E-state index in [0.717, 1.165) is 0 Å². The van der Waals surface area contributed by atoms with E-state index in [9.17, 15) is 14.9 Å². The molecule has 114 valence electrons. The SMILES string of the molecule is O=c1cc(-c2ccc(Cl)cc2)oc(-c2ccccc2[N+](=O)[O-])c1. The molecule has 3 aromatic rings. The zero-order valence-corrected chi connectivity index (χ0v) is 12.5. The van der Waals surface area contributed by atoms with E-state index in [0.29, 0.717) is 16.3 Å². The summed E-state index contributed by atoms with van der Waals surface area (Å²) in [5.41, 5.74) is 0.496. The first-order valence-corrected chi connectivity index (χ1v) is 7.07. The van der Waals surface area contributed by atoms with E-state index in [4.69, 9.17) is 16.0 Å². The number of halogens is 1. The fourth-order valence-electron chi connectivity index (χ4n) is 2.21. The van der Waals surface area contributed by atoms with E-state index < -0.39 is 4.92 Å². The third kappa shape index (κ3) is 3.14. The summed E-state index contributed by atoms with van der Waals surface area (Å²) in [6.45, 7) is 0. The van der Waals surface area contributed by atoms with Crippen LogP contribution in [0.1, 0.15) is 0 Å². The first-order valence-electron chi connectivity index (χ1n) is 6.69. The predicted octanol–water partition coefficient (Wildman–Crippen LogP) is 4.54. The minimum Gasteiger partial charge on any atom is -0.456 e. The van der Waals surface area contributed by atoms with Gasteiger partial charge < -0.3 is 4.42 Å². The average Bonchev–Trinajstić information content (AvgIpc) is 2.55. The highest BCUT2D eigenvalue weighted by atomic mass is 35.5. The Kier molecular flexibility index (Phi) is 3.95. The maximum absolute atomic E-state index is 11.9. The number of benzene rings is 2. The van der Waals surface area contributed by atoms with Crippen LogP contribution in [0.15, 0.2) is 69.9 Å². The van der Waals surface area contributed by atoms with Gasteiger partial charge in [0.2, 0.25) is 0 Å². The van der Waals surface area contributed by atoms with Crippen LogP contribution in [-0.2, 0) is 0 Å². The molecule has 0 radical (unpaired) electrons. The minimum atomic E-state index is -0.510. The van der Waals surface area contributed by atoms with Crippen molar-refractivity contribution < 1.29 is 9.34 Å². The van der Waals surface area contributed by atoms with E-state index in [1.165, 1.54) is 18.2 Å². The predicted molar refractivity (Wildman–Crippen MR) is 87.5 cm³/mol. The molecule has 0 spiro atoms. The van der Waals surface area contributed by atoms with Crippen LogP contribution in [0.4, 0.5) is 5.69 Å². The summed E-state index contributed by atoms with van der Waals surface area (Å²) in [5.74, 6) is 0.470. The topological polar surface area (TPSA) is 73.3 Å². The Morgan fingerprint density at radius 3 is 2.30 bits per heavy atom. The lowest BCUT2D eigenvalue weighted by atomic mass is 10.1. The molecule has 3 rings (SSSR count). The Balaban J connectivity index is 2.17. The second-order valence-corrected chi connectivity index (χ2v) is 5.24. The maximum atomic E-state index is 11.9. The highest BCUT2D eigenvalue weighted by Crippen LogP contribution is 2.31. The summed E-state index contributed by atoms with van der Waals surface area (Å²) in [5, 5.41) is 11.7. The number of nitro groups is 1. The molecule has 6 heteroatoms.